The molecule has 102 valence electrons. The van der Waals surface area contributed by atoms with Gasteiger partial charge in [0.1, 0.15) is 0 Å². The minimum absolute atomic E-state index is 0.324. The zero-order valence-corrected chi connectivity index (χ0v) is 11.7. The van der Waals surface area contributed by atoms with Gasteiger partial charge in [0.25, 0.3) is 0 Å². The monoisotopic (exact) mass is 260 g/mol. The summed E-state index contributed by atoms with van der Waals surface area (Å²) in [5.74, 6) is -0.0725. The smallest absolute Gasteiger partial charge is 0.313 e. The van der Waals surface area contributed by atoms with E-state index in [0.717, 1.165) is 18.7 Å². The summed E-state index contributed by atoms with van der Waals surface area (Å²) in [5.41, 5.74) is 1.50. The number of piperidine rings is 1. The van der Waals surface area contributed by atoms with E-state index < -0.39 is 5.97 Å². The van der Waals surface area contributed by atoms with Crippen LogP contribution < -0.4 is 0 Å². The van der Waals surface area contributed by atoms with Gasteiger partial charge in [0.15, 0.2) is 0 Å². The van der Waals surface area contributed by atoms with Crippen LogP contribution in [0.1, 0.15) is 30.6 Å². The molecule has 1 heterocycles. The number of nitrogens with zero attached hydrogens (tertiary/aromatic N) is 2. The Balaban J connectivity index is 2.00. The summed E-state index contributed by atoms with van der Waals surface area (Å²) in [7, 11) is 2.11. The first-order valence-electron chi connectivity index (χ1n) is 6.61. The molecule has 1 saturated heterocycles. The number of carbonyl (C=O) groups excluding carboxylic acids is 1. The maximum atomic E-state index is 11.8. The van der Waals surface area contributed by atoms with Gasteiger partial charge in [-0.25, -0.2) is 4.79 Å². The molecule has 1 aromatic carbocycles. The normalized spacial score (nSPS) is 26.4. The second kappa shape index (κ2) is 5.97. The molecule has 2 atom stereocenters. The maximum absolute atomic E-state index is 11.8. The summed E-state index contributed by atoms with van der Waals surface area (Å²) in [5, 5.41) is 4.07. The molecule has 2 rings (SSSR count). The number of hydrogen-bond acceptors (Lipinski definition) is 4. The molecule has 1 aliphatic heterocycles. The lowest BCUT2D eigenvalue weighted by Crippen LogP contribution is -2.43. The Kier molecular flexibility index (Phi) is 4.32. The Morgan fingerprint density at radius 1 is 1.32 bits per heavy atom. The number of rotatable bonds is 2. The van der Waals surface area contributed by atoms with Crippen LogP contribution in [0.3, 0.4) is 0 Å². The van der Waals surface area contributed by atoms with Crippen molar-refractivity contribution >= 4 is 11.7 Å². The van der Waals surface area contributed by atoms with Crippen LogP contribution in [-0.2, 0) is 4.84 Å². The fourth-order valence-corrected chi connectivity index (χ4v) is 2.23. The van der Waals surface area contributed by atoms with Crippen molar-refractivity contribution in [2.75, 3.05) is 13.6 Å². The van der Waals surface area contributed by atoms with Gasteiger partial charge < -0.3 is 9.74 Å². The van der Waals surface area contributed by atoms with E-state index in [0.29, 0.717) is 17.5 Å². The summed E-state index contributed by atoms with van der Waals surface area (Å²) in [6, 6.07) is 9.37. The third kappa shape index (κ3) is 3.41. The molecule has 0 unspecified atom stereocenters. The summed E-state index contributed by atoms with van der Waals surface area (Å²) in [4.78, 5) is 19.1. The standard InChI is InChI=1S/C15H20N2O2/c1-11-10-17(3)12(2)9-14(11)16-19-15(18)13-7-5-4-6-8-13/h4-8,11-12H,9-10H2,1-3H3/b16-14-/t11-,12-/m0/s1. The van der Waals surface area contributed by atoms with E-state index in [-0.39, 0.29) is 0 Å². The molecule has 1 aromatic rings. The molecule has 0 N–H and O–H groups in total. The second-order valence-corrected chi connectivity index (χ2v) is 5.22. The number of hydrogen-bond donors (Lipinski definition) is 0. The van der Waals surface area contributed by atoms with Gasteiger partial charge in [-0.1, -0.05) is 30.3 Å². The lowest BCUT2D eigenvalue weighted by molar-refractivity contribution is 0.0508. The molecule has 1 aliphatic rings. The Morgan fingerprint density at radius 3 is 2.68 bits per heavy atom. The Morgan fingerprint density at radius 2 is 2.00 bits per heavy atom. The van der Waals surface area contributed by atoms with Gasteiger partial charge in [-0.2, -0.15) is 0 Å². The van der Waals surface area contributed by atoms with Crippen LogP contribution in [-0.4, -0.2) is 36.2 Å². The largest absolute Gasteiger partial charge is 0.365 e. The predicted molar refractivity (Wildman–Crippen MR) is 75.2 cm³/mol. The van der Waals surface area contributed by atoms with Crippen molar-refractivity contribution in [2.24, 2.45) is 11.1 Å². The summed E-state index contributed by atoms with van der Waals surface area (Å²) < 4.78 is 0. The van der Waals surface area contributed by atoms with Crippen LogP contribution >= 0.6 is 0 Å². The first-order chi connectivity index (χ1) is 9.08. The first kappa shape index (κ1) is 13.7. The molecule has 4 nitrogen and oxygen atoms in total. The molecule has 1 fully saturated rings. The molecular weight excluding hydrogens is 240 g/mol. The number of benzene rings is 1. The van der Waals surface area contributed by atoms with Crippen LogP contribution in [0.15, 0.2) is 35.5 Å². The van der Waals surface area contributed by atoms with E-state index in [9.17, 15) is 4.79 Å². The zero-order valence-electron chi connectivity index (χ0n) is 11.7. The maximum Gasteiger partial charge on any atom is 0.365 e. The van der Waals surface area contributed by atoms with Gasteiger partial charge in [-0.15, -0.1) is 0 Å². The average molecular weight is 260 g/mol. The molecule has 0 bridgehead atoms. The molecule has 0 amide bonds. The van der Waals surface area contributed by atoms with Crippen molar-refractivity contribution in [3.63, 3.8) is 0 Å². The number of likely N-dealkylation sites (tertiary alicyclic amines) is 1. The zero-order chi connectivity index (χ0) is 13.8. The summed E-state index contributed by atoms with van der Waals surface area (Å²) in [6.07, 6.45) is 0.847. The van der Waals surface area contributed by atoms with Gasteiger partial charge in [0, 0.05) is 24.9 Å². The van der Waals surface area contributed by atoms with Crippen molar-refractivity contribution in [3.05, 3.63) is 35.9 Å². The van der Waals surface area contributed by atoms with Gasteiger partial charge in [0.2, 0.25) is 0 Å². The lowest BCUT2D eigenvalue weighted by Gasteiger charge is -2.34. The average Bonchev–Trinajstić information content (AvgIpc) is 2.42. The van der Waals surface area contributed by atoms with Crippen LogP contribution in [0.25, 0.3) is 0 Å². The lowest BCUT2D eigenvalue weighted by atomic mass is 9.93. The fraction of sp³-hybridized carbons (Fsp3) is 0.467. The Hall–Kier alpha value is -1.68. The van der Waals surface area contributed by atoms with Crippen molar-refractivity contribution in [2.45, 2.75) is 26.3 Å². The van der Waals surface area contributed by atoms with Gasteiger partial charge in [-0.05, 0) is 26.1 Å². The fourth-order valence-electron chi connectivity index (χ4n) is 2.23. The van der Waals surface area contributed by atoms with Crippen LogP contribution in [0.5, 0.6) is 0 Å². The highest BCUT2D eigenvalue weighted by Crippen LogP contribution is 2.18. The highest BCUT2D eigenvalue weighted by Gasteiger charge is 2.26. The van der Waals surface area contributed by atoms with Crippen LogP contribution in [0, 0.1) is 5.92 Å². The minimum atomic E-state index is -0.396. The van der Waals surface area contributed by atoms with E-state index in [1.54, 1.807) is 12.1 Å². The predicted octanol–water partition coefficient (Wildman–Crippen LogP) is 2.56. The SMILES string of the molecule is C[C@H]1CN(C)[C@@H](C)C/C1=N/OC(=O)c1ccccc1. The topological polar surface area (TPSA) is 41.9 Å². The van der Waals surface area contributed by atoms with E-state index in [1.807, 2.05) is 18.2 Å². The molecule has 0 radical (unpaired) electrons. The Bertz CT molecular complexity index is 470. The molecule has 19 heavy (non-hydrogen) atoms. The van der Waals surface area contributed by atoms with Crippen molar-refractivity contribution in [1.82, 2.24) is 4.90 Å². The molecule has 0 aromatic heterocycles. The Labute approximate surface area is 114 Å². The van der Waals surface area contributed by atoms with E-state index in [2.05, 4.69) is 31.0 Å². The van der Waals surface area contributed by atoms with Crippen molar-refractivity contribution < 1.29 is 9.63 Å². The van der Waals surface area contributed by atoms with Gasteiger partial charge >= 0.3 is 5.97 Å². The van der Waals surface area contributed by atoms with Crippen molar-refractivity contribution in [1.29, 1.82) is 0 Å². The quantitative estimate of drug-likeness (QED) is 0.606. The first-order valence-corrected chi connectivity index (χ1v) is 6.61. The molecule has 4 heteroatoms. The minimum Gasteiger partial charge on any atom is -0.313 e. The molecule has 0 spiro atoms. The van der Waals surface area contributed by atoms with Crippen LogP contribution in [0.4, 0.5) is 0 Å². The third-order valence-corrected chi connectivity index (χ3v) is 3.64. The summed E-state index contributed by atoms with van der Waals surface area (Å²) >= 11 is 0. The van der Waals surface area contributed by atoms with E-state index in [1.165, 1.54) is 0 Å². The van der Waals surface area contributed by atoms with Gasteiger partial charge in [-0.3, -0.25) is 0 Å². The number of oxime groups is 1. The van der Waals surface area contributed by atoms with E-state index in [4.69, 9.17) is 4.84 Å². The molecular formula is C15H20N2O2. The van der Waals surface area contributed by atoms with Crippen molar-refractivity contribution in [3.8, 4) is 0 Å². The highest BCUT2D eigenvalue weighted by molar-refractivity contribution is 5.91. The van der Waals surface area contributed by atoms with E-state index >= 15 is 0 Å². The molecule has 0 saturated carbocycles. The number of carbonyl (C=O) groups is 1. The highest BCUT2D eigenvalue weighted by atomic mass is 16.7. The van der Waals surface area contributed by atoms with Gasteiger partial charge in [0.05, 0.1) is 11.3 Å². The summed E-state index contributed by atoms with van der Waals surface area (Å²) in [6.45, 7) is 5.21. The van der Waals surface area contributed by atoms with Crippen LogP contribution in [0.2, 0.25) is 0 Å². The molecule has 0 aliphatic carbocycles. The second-order valence-electron chi connectivity index (χ2n) is 5.22. The third-order valence-electron chi connectivity index (χ3n) is 3.64.